The van der Waals surface area contributed by atoms with Crippen LogP contribution in [0.4, 0.5) is 4.79 Å². The molecule has 6 nitrogen and oxygen atoms in total. The number of carboxylic acids is 1. The van der Waals surface area contributed by atoms with Gasteiger partial charge in [0.15, 0.2) is 0 Å². The Balaban J connectivity index is 2.60. The fraction of sp³-hybridized carbons (Fsp3) is 0.846. The average molecular weight is 304 g/mol. The first-order valence-electron chi connectivity index (χ1n) is 6.93. The van der Waals surface area contributed by atoms with Crippen molar-refractivity contribution < 1.29 is 18.9 Å². The van der Waals surface area contributed by atoms with E-state index in [0.29, 0.717) is 18.7 Å². The molecule has 0 aliphatic carbocycles. The summed E-state index contributed by atoms with van der Waals surface area (Å²) in [5.41, 5.74) is 0. The van der Waals surface area contributed by atoms with Crippen LogP contribution in [0.2, 0.25) is 0 Å². The third-order valence-corrected chi connectivity index (χ3v) is 4.47. The van der Waals surface area contributed by atoms with Crippen molar-refractivity contribution in [1.29, 1.82) is 0 Å². The Morgan fingerprint density at radius 1 is 1.50 bits per heavy atom. The first kappa shape index (κ1) is 16.9. The molecule has 1 heterocycles. The van der Waals surface area contributed by atoms with E-state index in [2.05, 4.69) is 5.32 Å². The van der Waals surface area contributed by atoms with Crippen molar-refractivity contribution in [1.82, 2.24) is 10.2 Å². The predicted molar refractivity (Wildman–Crippen MR) is 78.1 cm³/mol. The fourth-order valence-corrected chi connectivity index (χ4v) is 3.19. The molecule has 20 heavy (non-hydrogen) atoms. The van der Waals surface area contributed by atoms with Gasteiger partial charge < -0.3 is 15.3 Å². The lowest BCUT2D eigenvalue weighted by atomic mass is 9.91. The number of rotatable bonds is 5. The molecule has 0 spiro atoms. The highest BCUT2D eigenvalue weighted by atomic mass is 32.2. The summed E-state index contributed by atoms with van der Waals surface area (Å²) in [6.45, 7) is 4.18. The van der Waals surface area contributed by atoms with E-state index in [-0.39, 0.29) is 18.0 Å². The second-order valence-corrected chi connectivity index (χ2v) is 7.07. The quantitative estimate of drug-likeness (QED) is 0.794. The van der Waals surface area contributed by atoms with E-state index >= 15 is 0 Å². The molecule has 1 aliphatic rings. The van der Waals surface area contributed by atoms with Crippen LogP contribution >= 0.6 is 0 Å². The van der Waals surface area contributed by atoms with Crippen molar-refractivity contribution in [3.05, 3.63) is 0 Å². The fourth-order valence-electron chi connectivity index (χ4n) is 2.50. The molecule has 1 fully saturated rings. The van der Waals surface area contributed by atoms with Gasteiger partial charge in [-0.3, -0.25) is 4.21 Å². The molecule has 116 valence electrons. The van der Waals surface area contributed by atoms with Gasteiger partial charge in [-0.05, 0) is 32.1 Å². The number of amides is 2. The second kappa shape index (κ2) is 7.61. The molecule has 0 bridgehead atoms. The highest BCUT2D eigenvalue weighted by molar-refractivity contribution is 7.84. The maximum Gasteiger partial charge on any atom is 0.326 e. The molecule has 1 aliphatic heterocycles. The second-order valence-electron chi connectivity index (χ2n) is 5.51. The lowest BCUT2D eigenvalue weighted by Gasteiger charge is -2.37. The predicted octanol–water partition coefficient (Wildman–Crippen LogP) is 1.04. The van der Waals surface area contributed by atoms with Gasteiger partial charge in [-0.15, -0.1) is 0 Å². The van der Waals surface area contributed by atoms with Crippen LogP contribution in [0, 0.1) is 5.92 Å². The number of aliphatic carboxylic acids is 1. The third kappa shape index (κ3) is 4.77. The molecule has 0 saturated carbocycles. The Morgan fingerprint density at radius 3 is 2.70 bits per heavy atom. The van der Waals surface area contributed by atoms with Crippen LogP contribution < -0.4 is 5.32 Å². The topological polar surface area (TPSA) is 86.7 Å². The Hall–Kier alpha value is -1.11. The number of nitrogens with zero attached hydrogens (tertiary/aromatic N) is 1. The molecule has 0 aromatic rings. The first-order chi connectivity index (χ1) is 9.32. The number of urea groups is 1. The Morgan fingerprint density at radius 2 is 2.15 bits per heavy atom. The summed E-state index contributed by atoms with van der Waals surface area (Å²) in [5, 5.41) is 12.1. The molecule has 1 saturated heterocycles. The SMILES string of the molecule is CC(CCS(C)=O)NC(=O)N1CCCC(C)C1C(=O)O. The molecule has 2 N–H and O–H groups in total. The zero-order valence-electron chi connectivity index (χ0n) is 12.3. The average Bonchev–Trinajstić information content (AvgIpc) is 2.35. The molecule has 4 atom stereocenters. The summed E-state index contributed by atoms with van der Waals surface area (Å²) in [6.07, 6.45) is 3.90. The van der Waals surface area contributed by atoms with E-state index in [1.165, 1.54) is 4.90 Å². The van der Waals surface area contributed by atoms with Gasteiger partial charge in [-0.25, -0.2) is 9.59 Å². The third-order valence-electron chi connectivity index (χ3n) is 3.66. The van der Waals surface area contributed by atoms with Crippen molar-refractivity contribution in [2.75, 3.05) is 18.6 Å². The van der Waals surface area contributed by atoms with E-state index in [4.69, 9.17) is 0 Å². The summed E-state index contributed by atoms with van der Waals surface area (Å²) in [5.74, 6) is -0.458. The summed E-state index contributed by atoms with van der Waals surface area (Å²) in [4.78, 5) is 24.9. The van der Waals surface area contributed by atoms with Gasteiger partial charge in [0.1, 0.15) is 6.04 Å². The van der Waals surface area contributed by atoms with Crippen LogP contribution in [0.15, 0.2) is 0 Å². The van der Waals surface area contributed by atoms with Gasteiger partial charge in [0.25, 0.3) is 0 Å². The standard InChI is InChI=1S/C13H24N2O4S/c1-9-5-4-7-15(11(9)12(16)17)13(18)14-10(2)6-8-20(3)19/h9-11H,4-8H2,1-3H3,(H,14,18)(H,16,17). The molecular weight excluding hydrogens is 280 g/mol. The van der Waals surface area contributed by atoms with Crippen LogP contribution in [-0.4, -0.2) is 56.9 Å². The van der Waals surface area contributed by atoms with Gasteiger partial charge in [0.05, 0.1) is 0 Å². The van der Waals surface area contributed by atoms with Gasteiger partial charge in [0.2, 0.25) is 0 Å². The number of piperidine rings is 1. The number of nitrogens with one attached hydrogen (secondary N) is 1. The van der Waals surface area contributed by atoms with Crippen LogP contribution in [0.25, 0.3) is 0 Å². The van der Waals surface area contributed by atoms with Crippen LogP contribution in [0.5, 0.6) is 0 Å². The monoisotopic (exact) mass is 304 g/mol. The van der Waals surface area contributed by atoms with Gasteiger partial charge in [-0.1, -0.05) is 6.92 Å². The van der Waals surface area contributed by atoms with Crippen LogP contribution in [0.1, 0.15) is 33.1 Å². The van der Waals surface area contributed by atoms with E-state index in [0.717, 1.165) is 12.8 Å². The summed E-state index contributed by atoms with van der Waals surface area (Å²) >= 11 is 0. The molecule has 7 heteroatoms. The minimum absolute atomic E-state index is 0.0366. The van der Waals surface area contributed by atoms with Crippen LogP contribution in [-0.2, 0) is 15.6 Å². The van der Waals surface area contributed by atoms with Crippen molar-refractivity contribution in [2.24, 2.45) is 5.92 Å². The first-order valence-corrected chi connectivity index (χ1v) is 8.65. The maximum atomic E-state index is 12.2. The molecule has 0 aromatic heterocycles. The highest BCUT2D eigenvalue weighted by Gasteiger charge is 2.37. The minimum atomic E-state index is -0.949. The number of carboxylic acid groups (broad SMARTS) is 1. The number of hydrogen-bond donors (Lipinski definition) is 2. The van der Waals surface area contributed by atoms with Crippen LogP contribution in [0.3, 0.4) is 0 Å². The van der Waals surface area contributed by atoms with Gasteiger partial charge in [-0.2, -0.15) is 0 Å². The summed E-state index contributed by atoms with van der Waals surface area (Å²) < 4.78 is 11.0. The lowest BCUT2D eigenvalue weighted by Crippen LogP contribution is -2.56. The smallest absolute Gasteiger partial charge is 0.326 e. The minimum Gasteiger partial charge on any atom is -0.480 e. The van der Waals surface area contributed by atoms with E-state index in [1.807, 2.05) is 13.8 Å². The Bertz CT molecular complexity index is 389. The van der Waals surface area contributed by atoms with E-state index in [1.54, 1.807) is 6.26 Å². The normalized spacial score (nSPS) is 25.9. The zero-order valence-corrected chi connectivity index (χ0v) is 13.1. The van der Waals surface area contributed by atoms with Crippen molar-refractivity contribution in [3.63, 3.8) is 0 Å². The number of carbonyl (C=O) groups is 2. The van der Waals surface area contributed by atoms with E-state index < -0.39 is 22.8 Å². The molecule has 0 radical (unpaired) electrons. The largest absolute Gasteiger partial charge is 0.480 e. The zero-order chi connectivity index (χ0) is 15.3. The molecular formula is C13H24N2O4S. The number of hydrogen-bond acceptors (Lipinski definition) is 3. The van der Waals surface area contributed by atoms with Crippen molar-refractivity contribution >= 4 is 22.8 Å². The lowest BCUT2D eigenvalue weighted by molar-refractivity contribution is -0.145. The maximum absolute atomic E-state index is 12.2. The van der Waals surface area contributed by atoms with Crippen molar-refractivity contribution in [3.8, 4) is 0 Å². The molecule has 1 rings (SSSR count). The molecule has 0 aromatic carbocycles. The molecule has 2 amide bonds. The number of carbonyl (C=O) groups excluding carboxylic acids is 1. The summed E-state index contributed by atoms with van der Waals surface area (Å²) in [6, 6.07) is -1.20. The highest BCUT2D eigenvalue weighted by Crippen LogP contribution is 2.23. The Kier molecular flexibility index (Phi) is 6.45. The Labute approximate surface area is 122 Å². The molecule has 4 unspecified atom stereocenters. The van der Waals surface area contributed by atoms with Crippen molar-refractivity contribution in [2.45, 2.75) is 45.2 Å². The van der Waals surface area contributed by atoms with E-state index in [9.17, 15) is 18.9 Å². The van der Waals surface area contributed by atoms with Gasteiger partial charge in [0, 0.05) is 35.4 Å². The van der Waals surface area contributed by atoms with Gasteiger partial charge >= 0.3 is 12.0 Å². The number of likely N-dealkylation sites (tertiary alicyclic amines) is 1. The summed E-state index contributed by atoms with van der Waals surface area (Å²) in [7, 11) is -0.885.